The van der Waals surface area contributed by atoms with Gasteiger partial charge in [-0.25, -0.2) is 4.90 Å². The van der Waals surface area contributed by atoms with Crippen molar-refractivity contribution < 1.29 is 9.59 Å². The fraction of sp³-hybridized carbons (Fsp3) is 0. The molecule has 1 heterocycles. The van der Waals surface area contributed by atoms with Crippen LogP contribution in [0.1, 0.15) is 20.7 Å². The van der Waals surface area contributed by atoms with Gasteiger partial charge in [-0.05, 0) is 29.7 Å². The Balaban J connectivity index is 1.97. The molecular weight excluding hydrogens is 342 g/mol. The molecule has 4 heteroatoms. The molecule has 0 aliphatic carbocycles. The molecule has 0 atom stereocenters. The topological polar surface area (TPSA) is 37.4 Å². The zero-order chi connectivity index (χ0) is 15.3. The molecule has 4 rings (SSSR count). The van der Waals surface area contributed by atoms with Crippen molar-refractivity contribution in [3.8, 4) is 0 Å². The van der Waals surface area contributed by atoms with E-state index >= 15 is 0 Å². The maximum atomic E-state index is 12.6. The lowest BCUT2D eigenvalue weighted by atomic mass is 10.1. The molecule has 22 heavy (non-hydrogen) atoms. The molecule has 106 valence electrons. The van der Waals surface area contributed by atoms with E-state index in [1.807, 2.05) is 30.3 Å². The summed E-state index contributed by atoms with van der Waals surface area (Å²) < 4.78 is 0.934. The standard InChI is InChI=1S/C18H10BrNO2/c19-15-9-10-16(12-6-2-1-5-11(12)15)20-17(21)13-7-3-4-8-14(13)18(20)22/h1-10H. The van der Waals surface area contributed by atoms with Gasteiger partial charge in [0, 0.05) is 9.86 Å². The molecule has 0 saturated heterocycles. The summed E-state index contributed by atoms with van der Waals surface area (Å²) in [5.74, 6) is -0.541. The Labute approximate surface area is 135 Å². The predicted molar refractivity (Wildman–Crippen MR) is 89.2 cm³/mol. The van der Waals surface area contributed by atoms with Crippen LogP contribution in [-0.2, 0) is 0 Å². The quantitative estimate of drug-likeness (QED) is 0.609. The highest BCUT2D eigenvalue weighted by Gasteiger charge is 2.36. The van der Waals surface area contributed by atoms with Crippen molar-refractivity contribution in [1.29, 1.82) is 0 Å². The third kappa shape index (κ3) is 1.74. The molecule has 0 aromatic heterocycles. The van der Waals surface area contributed by atoms with Gasteiger partial charge in [-0.2, -0.15) is 0 Å². The highest BCUT2D eigenvalue weighted by Crippen LogP contribution is 2.36. The summed E-state index contributed by atoms with van der Waals surface area (Å²) in [7, 11) is 0. The number of amides is 2. The average Bonchev–Trinajstić information content (AvgIpc) is 2.81. The molecule has 0 radical (unpaired) electrons. The van der Waals surface area contributed by atoms with Crippen LogP contribution in [0, 0.1) is 0 Å². The summed E-state index contributed by atoms with van der Waals surface area (Å²) in [6.07, 6.45) is 0. The number of hydrogen-bond donors (Lipinski definition) is 0. The Bertz CT molecular complexity index is 914. The van der Waals surface area contributed by atoms with Gasteiger partial charge in [0.2, 0.25) is 0 Å². The Morgan fingerprint density at radius 1 is 0.682 bits per heavy atom. The second kappa shape index (κ2) is 4.78. The van der Waals surface area contributed by atoms with Crippen molar-refractivity contribution in [2.75, 3.05) is 4.90 Å². The van der Waals surface area contributed by atoms with Crippen molar-refractivity contribution in [3.05, 3.63) is 76.3 Å². The van der Waals surface area contributed by atoms with Crippen molar-refractivity contribution in [3.63, 3.8) is 0 Å². The third-order valence-electron chi connectivity index (χ3n) is 3.88. The minimum atomic E-state index is -0.270. The fourth-order valence-electron chi connectivity index (χ4n) is 2.85. The Morgan fingerprint density at radius 3 is 1.86 bits per heavy atom. The van der Waals surface area contributed by atoms with Gasteiger partial charge >= 0.3 is 0 Å². The third-order valence-corrected chi connectivity index (χ3v) is 4.57. The zero-order valence-corrected chi connectivity index (χ0v) is 13.0. The zero-order valence-electron chi connectivity index (χ0n) is 11.4. The van der Waals surface area contributed by atoms with Crippen LogP contribution in [-0.4, -0.2) is 11.8 Å². The first-order valence-electron chi connectivity index (χ1n) is 6.83. The maximum absolute atomic E-state index is 12.6. The summed E-state index contributed by atoms with van der Waals surface area (Å²) in [5.41, 5.74) is 1.53. The summed E-state index contributed by atoms with van der Waals surface area (Å²) in [6.45, 7) is 0. The number of imide groups is 1. The summed E-state index contributed by atoms with van der Waals surface area (Å²) in [4.78, 5) is 26.5. The molecule has 2 amide bonds. The van der Waals surface area contributed by atoms with E-state index < -0.39 is 0 Å². The highest BCUT2D eigenvalue weighted by atomic mass is 79.9. The number of benzene rings is 3. The van der Waals surface area contributed by atoms with Crippen LogP contribution in [0.15, 0.2) is 65.1 Å². The number of carbonyl (C=O) groups excluding carboxylic acids is 2. The fourth-order valence-corrected chi connectivity index (χ4v) is 3.33. The maximum Gasteiger partial charge on any atom is 0.266 e. The monoisotopic (exact) mass is 351 g/mol. The van der Waals surface area contributed by atoms with E-state index in [0.717, 1.165) is 15.2 Å². The van der Waals surface area contributed by atoms with E-state index in [1.54, 1.807) is 30.3 Å². The molecule has 0 bridgehead atoms. The van der Waals surface area contributed by atoms with Crippen molar-refractivity contribution in [1.82, 2.24) is 0 Å². The largest absolute Gasteiger partial charge is 0.268 e. The van der Waals surface area contributed by atoms with Crippen LogP contribution in [0.2, 0.25) is 0 Å². The van der Waals surface area contributed by atoms with Gasteiger partial charge in [0.1, 0.15) is 0 Å². The number of carbonyl (C=O) groups is 2. The lowest BCUT2D eigenvalue weighted by Gasteiger charge is -2.17. The van der Waals surface area contributed by atoms with Crippen LogP contribution in [0.3, 0.4) is 0 Å². The summed E-state index contributed by atoms with van der Waals surface area (Å²) in [6, 6.07) is 18.3. The Hall–Kier alpha value is -2.46. The van der Waals surface area contributed by atoms with Crippen LogP contribution in [0.5, 0.6) is 0 Å². The summed E-state index contributed by atoms with van der Waals surface area (Å²) in [5, 5.41) is 1.84. The molecule has 0 spiro atoms. The smallest absolute Gasteiger partial charge is 0.266 e. The van der Waals surface area contributed by atoms with Gasteiger partial charge < -0.3 is 0 Å². The van der Waals surface area contributed by atoms with E-state index in [1.165, 1.54) is 4.90 Å². The van der Waals surface area contributed by atoms with E-state index in [2.05, 4.69) is 15.9 Å². The van der Waals surface area contributed by atoms with Crippen LogP contribution in [0.25, 0.3) is 10.8 Å². The van der Waals surface area contributed by atoms with Crippen molar-refractivity contribution >= 4 is 44.2 Å². The van der Waals surface area contributed by atoms with Gasteiger partial charge in [0.05, 0.1) is 16.8 Å². The average molecular weight is 352 g/mol. The van der Waals surface area contributed by atoms with Gasteiger partial charge in [-0.15, -0.1) is 0 Å². The number of nitrogens with zero attached hydrogens (tertiary/aromatic N) is 1. The first-order valence-corrected chi connectivity index (χ1v) is 7.63. The number of fused-ring (bicyclic) bond motifs is 2. The number of rotatable bonds is 1. The second-order valence-electron chi connectivity index (χ2n) is 5.10. The lowest BCUT2D eigenvalue weighted by Crippen LogP contribution is -2.29. The number of halogens is 1. The molecule has 1 aliphatic rings. The molecule has 0 fully saturated rings. The first kappa shape index (κ1) is 13.2. The van der Waals surface area contributed by atoms with Crippen molar-refractivity contribution in [2.45, 2.75) is 0 Å². The molecule has 3 aromatic carbocycles. The van der Waals surface area contributed by atoms with Crippen LogP contribution < -0.4 is 4.90 Å². The highest BCUT2D eigenvalue weighted by molar-refractivity contribution is 9.10. The van der Waals surface area contributed by atoms with Gasteiger partial charge in [0.25, 0.3) is 11.8 Å². The molecule has 3 aromatic rings. The molecule has 0 N–H and O–H groups in total. The van der Waals surface area contributed by atoms with Gasteiger partial charge in [-0.3, -0.25) is 9.59 Å². The Kier molecular flexibility index (Phi) is 2.87. The molecule has 0 unspecified atom stereocenters. The lowest BCUT2D eigenvalue weighted by molar-refractivity contribution is 0.0926. The van der Waals surface area contributed by atoms with E-state index in [-0.39, 0.29) is 11.8 Å². The normalized spacial score (nSPS) is 13.8. The van der Waals surface area contributed by atoms with E-state index in [4.69, 9.17) is 0 Å². The summed E-state index contributed by atoms with van der Waals surface area (Å²) >= 11 is 3.51. The number of anilines is 1. The molecule has 3 nitrogen and oxygen atoms in total. The first-order chi connectivity index (χ1) is 10.7. The van der Waals surface area contributed by atoms with E-state index in [0.29, 0.717) is 16.8 Å². The second-order valence-corrected chi connectivity index (χ2v) is 5.96. The minimum absolute atomic E-state index is 0.270. The Morgan fingerprint density at radius 2 is 1.23 bits per heavy atom. The van der Waals surface area contributed by atoms with Crippen molar-refractivity contribution in [2.24, 2.45) is 0 Å². The van der Waals surface area contributed by atoms with E-state index in [9.17, 15) is 9.59 Å². The molecule has 1 aliphatic heterocycles. The minimum Gasteiger partial charge on any atom is -0.268 e. The van der Waals surface area contributed by atoms with Crippen LogP contribution in [0.4, 0.5) is 5.69 Å². The number of hydrogen-bond acceptors (Lipinski definition) is 2. The SMILES string of the molecule is O=C1c2ccccc2C(=O)N1c1ccc(Br)c2ccccc12. The van der Waals surface area contributed by atoms with Gasteiger partial charge in [0.15, 0.2) is 0 Å². The predicted octanol–water partition coefficient (Wildman–Crippen LogP) is 4.40. The van der Waals surface area contributed by atoms with Crippen LogP contribution >= 0.6 is 15.9 Å². The molecule has 0 saturated carbocycles. The van der Waals surface area contributed by atoms with Gasteiger partial charge in [-0.1, -0.05) is 52.3 Å². The molecular formula is C18H10BrNO2.